The predicted octanol–water partition coefficient (Wildman–Crippen LogP) is 5.27. The Bertz CT molecular complexity index is 1730. The molecule has 4 heterocycles. The molecule has 0 amide bonds. The van der Waals surface area contributed by atoms with Crippen molar-refractivity contribution in [2.24, 2.45) is 0 Å². The molecule has 220 valence electrons. The number of anilines is 4. The van der Waals surface area contributed by atoms with Gasteiger partial charge in [-0.1, -0.05) is 12.1 Å². The molecule has 0 unspecified atom stereocenters. The summed E-state index contributed by atoms with van der Waals surface area (Å²) < 4.78 is 1.91. The number of nitrogens with one attached hydrogen (secondary N) is 1. The van der Waals surface area contributed by atoms with Gasteiger partial charge >= 0.3 is 0 Å². The van der Waals surface area contributed by atoms with Gasteiger partial charge in [0.15, 0.2) is 11.5 Å². The number of piperidine rings is 1. The minimum Gasteiger partial charge on any atom is -0.369 e. The Morgan fingerprint density at radius 3 is 2.51 bits per heavy atom. The molecule has 1 N–H and O–H groups in total. The van der Waals surface area contributed by atoms with Crippen LogP contribution in [0.15, 0.2) is 65.7 Å². The van der Waals surface area contributed by atoms with Gasteiger partial charge in [0, 0.05) is 61.7 Å². The fraction of sp³-hybridized carbons (Fsp3) is 0.412. The fourth-order valence-electron chi connectivity index (χ4n) is 6.68. The van der Waals surface area contributed by atoms with Gasteiger partial charge in [0.2, 0.25) is 0 Å². The smallest absolute Gasteiger partial charge is 0.258 e. The van der Waals surface area contributed by atoms with Crippen molar-refractivity contribution in [2.75, 3.05) is 54.9 Å². The summed E-state index contributed by atoms with van der Waals surface area (Å²) in [5.74, 6) is 1.81. The van der Waals surface area contributed by atoms with Gasteiger partial charge in [0.25, 0.3) is 5.56 Å². The standard InChI is InChI=1S/C34H38N8O/c1-23-31(42-15-13-26-20-25(24-5-6-24)7-12-29(26)34(42)43)4-3-14-41(23)32-22-36-30(21-35)33(38-32)37-27-8-10-28(11-9-27)40-18-16-39(2)17-19-40/h7-13,15,20,22-24,31H,3-6,14,16-19H2,1-2H3,(H,37,38)/t23-,31-/m1/s1. The summed E-state index contributed by atoms with van der Waals surface area (Å²) in [7, 11) is 2.16. The van der Waals surface area contributed by atoms with Gasteiger partial charge in [-0.25, -0.2) is 9.97 Å². The van der Waals surface area contributed by atoms with E-state index >= 15 is 0 Å². The van der Waals surface area contributed by atoms with E-state index in [-0.39, 0.29) is 23.3 Å². The molecule has 3 aliphatic rings. The highest BCUT2D eigenvalue weighted by atomic mass is 16.1. The molecule has 0 radical (unpaired) electrons. The minimum absolute atomic E-state index is 0.00438. The van der Waals surface area contributed by atoms with E-state index in [0.29, 0.717) is 17.6 Å². The van der Waals surface area contributed by atoms with E-state index in [4.69, 9.17) is 4.98 Å². The molecule has 0 spiro atoms. The molecule has 7 rings (SSSR count). The van der Waals surface area contributed by atoms with Crippen LogP contribution in [0, 0.1) is 11.3 Å². The van der Waals surface area contributed by atoms with E-state index < -0.39 is 0 Å². The first-order chi connectivity index (χ1) is 21.0. The van der Waals surface area contributed by atoms with Crippen LogP contribution in [0.2, 0.25) is 0 Å². The lowest BCUT2D eigenvalue weighted by Gasteiger charge is -2.41. The third-order valence-corrected chi connectivity index (χ3v) is 9.47. The first-order valence-electron chi connectivity index (χ1n) is 15.5. The largest absolute Gasteiger partial charge is 0.369 e. The second-order valence-electron chi connectivity index (χ2n) is 12.3. The lowest BCUT2D eigenvalue weighted by Crippen LogP contribution is -2.47. The van der Waals surface area contributed by atoms with Gasteiger partial charge < -0.3 is 24.6 Å². The highest BCUT2D eigenvalue weighted by Gasteiger charge is 2.32. The molecule has 2 aromatic heterocycles. The molecule has 3 fully saturated rings. The summed E-state index contributed by atoms with van der Waals surface area (Å²) in [5, 5.41) is 14.9. The first kappa shape index (κ1) is 27.4. The molecule has 0 bridgehead atoms. The normalized spacial score (nSPS) is 21.1. The van der Waals surface area contributed by atoms with Crippen molar-refractivity contribution < 1.29 is 0 Å². The predicted molar refractivity (Wildman–Crippen MR) is 171 cm³/mol. The van der Waals surface area contributed by atoms with Crippen molar-refractivity contribution in [3.05, 3.63) is 82.5 Å². The topological polar surface area (TPSA) is 93.3 Å². The maximum Gasteiger partial charge on any atom is 0.258 e. The third kappa shape index (κ3) is 5.43. The molecule has 4 aromatic rings. The second-order valence-corrected chi connectivity index (χ2v) is 12.3. The van der Waals surface area contributed by atoms with Crippen LogP contribution in [0.5, 0.6) is 0 Å². The Balaban J connectivity index is 1.11. The van der Waals surface area contributed by atoms with Crippen molar-refractivity contribution >= 4 is 33.8 Å². The van der Waals surface area contributed by atoms with Crippen molar-refractivity contribution in [3.63, 3.8) is 0 Å². The maximum absolute atomic E-state index is 13.7. The molecular formula is C34H38N8O. The van der Waals surface area contributed by atoms with Crippen LogP contribution in [0.3, 0.4) is 0 Å². The van der Waals surface area contributed by atoms with Crippen LogP contribution in [0.1, 0.15) is 55.8 Å². The number of hydrogen-bond acceptors (Lipinski definition) is 8. The van der Waals surface area contributed by atoms with Crippen LogP contribution >= 0.6 is 0 Å². The summed E-state index contributed by atoms with van der Waals surface area (Å²) in [6.45, 7) is 7.10. The van der Waals surface area contributed by atoms with Gasteiger partial charge in [0.1, 0.15) is 11.9 Å². The number of pyridine rings is 1. The quantitative estimate of drug-likeness (QED) is 0.333. The molecule has 43 heavy (non-hydrogen) atoms. The lowest BCUT2D eigenvalue weighted by molar-refractivity contribution is 0.313. The van der Waals surface area contributed by atoms with Crippen molar-refractivity contribution in [1.29, 1.82) is 5.26 Å². The third-order valence-electron chi connectivity index (χ3n) is 9.47. The minimum atomic E-state index is 0.00438. The zero-order valence-corrected chi connectivity index (χ0v) is 24.9. The van der Waals surface area contributed by atoms with Crippen molar-refractivity contribution in [3.8, 4) is 6.07 Å². The molecule has 9 nitrogen and oxygen atoms in total. The van der Waals surface area contributed by atoms with E-state index in [2.05, 4.69) is 75.4 Å². The SMILES string of the molecule is C[C@@H]1[C@H](n2ccc3cc(C4CC4)ccc3c2=O)CCCN1c1cnc(C#N)c(Nc2ccc(N3CCN(C)CC3)cc2)n1. The number of likely N-dealkylation sites (N-methyl/N-ethyl adjacent to an activating group) is 1. The molecule has 2 aromatic carbocycles. The Morgan fingerprint density at radius 2 is 1.77 bits per heavy atom. The van der Waals surface area contributed by atoms with E-state index in [0.717, 1.165) is 62.0 Å². The number of hydrogen-bond donors (Lipinski definition) is 1. The van der Waals surface area contributed by atoms with E-state index in [1.807, 2.05) is 29.0 Å². The molecule has 1 saturated carbocycles. The monoisotopic (exact) mass is 574 g/mol. The van der Waals surface area contributed by atoms with Crippen molar-refractivity contribution in [2.45, 2.75) is 50.6 Å². The van der Waals surface area contributed by atoms with Crippen LogP contribution in [-0.4, -0.2) is 65.2 Å². The zero-order chi connectivity index (χ0) is 29.5. The molecule has 2 atom stereocenters. The number of fused-ring (bicyclic) bond motifs is 1. The first-order valence-corrected chi connectivity index (χ1v) is 15.5. The van der Waals surface area contributed by atoms with Gasteiger partial charge in [-0.3, -0.25) is 4.79 Å². The molecule has 9 heteroatoms. The van der Waals surface area contributed by atoms with Crippen LogP contribution < -0.4 is 20.7 Å². The summed E-state index contributed by atoms with van der Waals surface area (Å²) in [5.41, 5.74) is 3.71. The highest BCUT2D eigenvalue weighted by Crippen LogP contribution is 2.41. The Labute approximate surface area is 252 Å². The zero-order valence-electron chi connectivity index (χ0n) is 24.9. The number of aromatic nitrogens is 3. The Morgan fingerprint density at radius 1 is 0.977 bits per heavy atom. The fourth-order valence-corrected chi connectivity index (χ4v) is 6.68. The van der Waals surface area contributed by atoms with Gasteiger partial charge in [-0.15, -0.1) is 0 Å². The van der Waals surface area contributed by atoms with Crippen LogP contribution in [0.25, 0.3) is 10.8 Å². The lowest BCUT2D eigenvalue weighted by atomic mass is 9.96. The number of benzene rings is 2. The summed E-state index contributed by atoms with van der Waals surface area (Å²) in [6.07, 6.45) is 7.99. The number of nitrogens with zero attached hydrogens (tertiary/aromatic N) is 7. The maximum atomic E-state index is 13.7. The van der Waals surface area contributed by atoms with Crippen molar-refractivity contribution in [1.82, 2.24) is 19.4 Å². The average molecular weight is 575 g/mol. The second kappa shape index (κ2) is 11.3. The van der Waals surface area contributed by atoms with Crippen LogP contribution in [0.4, 0.5) is 23.0 Å². The van der Waals surface area contributed by atoms with Gasteiger partial charge in [0.05, 0.1) is 12.2 Å². The Hall–Kier alpha value is -4.42. The summed E-state index contributed by atoms with van der Waals surface area (Å²) in [6, 6.07) is 18.9. The van der Waals surface area contributed by atoms with Gasteiger partial charge in [-0.2, -0.15) is 5.26 Å². The highest BCUT2D eigenvalue weighted by molar-refractivity contribution is 5.82. The average Bonchev–Trinajstić information content (AvgIpc) is 3.88. The molecular weight excluding hydrogens is 536 g/mol. The van der Waals surface area contributed by atoms with Crippen LogP contribution in [-0.2, 0) is 0 Å². The van der Waals surface area contributed by atoms with E-state index in [1.54, 1.807) is 6.20 Å². The van der Waals surface area contributed by atoms with E-state index in [9.17, 15) is 10.1 Å². The summed E-state index contributed by atoms with van der Waals surface area (Å²) in [4.78, 5) is 30.0. The number of piperazine rings is 1. The number of nitriles is 1. The van der Waals surface area contributed by atoms with E-state index in [1.165, 1.54) is 24.1 Å². The Kier molecular flexibility index (Phi) is 7.23. The molecule has 2 aliphatic heterocycles. The number of rotatable bonds is 6. The molecule has 2 saturated heterocycles. The van der Waals surface area contributed by atoms with Gasteiger partial charge in [-0.05, 0) is 92.9 Å². The molecule has 1 aliphatic carbocycles. The summed E-state index contributed by atoms with van der Waals surface area (Å²) >= 11 is 0.